The highest BCUT2D eigenvalue weighted by Crippen LogP contribution is 2.38. The van der Waals surface area contributed by atoms with Crippen LogP contribution in [-0.2, 0) is 0 Å². The average molecular weight is 279 g/mol. The lowest BCUT2D eigenvalue weighted by Gasteiger charge is -2.14. The second-order valence-electron chi connectivity index (χ2n) is 4.46. The van der Waals surface area contributed by atoms with Gasteiger partial charge in [0.2, 0.25) is 5.75 Å². The molecule has 110 valence electrons. The van der Waals surface area contributed by atoms with E-state index in [9.17, 15) is 4.79 Å². The maximum Gasteiger partial charge on any atom is 0.203 e. The van der Waals surface area contributed by atoms with Gasteiger partial charge in [0.05, 0.1) is 21.3 Å². The second-order valence-corrected chi connectivity index (χ2v) is 4.46. The fourth-order valence-electron chi connectivity index (χ4n) is 1.63. The molecule has 1 rings (SSSR count). The molecule has 0 bridgehead atoms. The van der Waals surface area contributed by atoms with Crippen molar-refractivity contribution >= 4 is 5.78 Å². The minimum absolute atomic E-state index is 0.115. The highest BCUT2D eigenvalue weighted by molar-refractivity contribution is 6.05. The third-order valence-corrected chi connectivity index (χ3v) is 2.99. The molecule has 0 N–H and O–H groups in total. The lowest BCUT2D eigenvalue weighted by atomic mass is 10.1. The van der Waals surface area contributed by atoms with Crippen LogP contribution in [0.5, 0.6) is 17.2 Å². The molecule has 0 radical (unpaired) electrons. The van der Waals surface area contributed by atoms with Crippen LogP contribution in [0.2, 0.25) is 0 Å². The van der Waals surface area contributed by atoms with Gasteiger partial charge in [-0.05, 0) is 19.1 Å². The molecule has 0 saturated carbocycles. The molecule has 0 atom stereocenters. The number of nitrogens with zero attached hydrogens (tertiary/aromatic N) is 1. The van der Waals surface area contributed by atoms with Crippen LogP contribution in [0.15, 0.2) is 23.9 Å². The van der Waals surface area contributed by atoms with E-state index in [2.05, 4.69) is 0 Å². The fourth-order valence-corrected chi connectivity index (χ4v) is 1.63. The highest BCUT2D eigenvalue weighted by atomic mass is 16.5. The molecule has 0 unspecified atom stereocenters. The maximum absolute atomic E-state index is 12.2. The molecule has 0 aliphatic rings. The van der Waals surface area contributed by atoms with Crippen LogP contribution < -0.4 is 14.2 Å². The third-order valence-electron chi connectivity index (χ3n) is 2.99. The molecule has 0 heterocycles. The zero-order chi connectivity index (χ0) is 15.3. The largest absolute Gasteiger partial charge is 0.493 e. The summed E-state index contributed by atoms with van der Waals surface area (Å²) in [6.45, 7) is 1.87. The van der Waals surface area contributed by atoms with Crippen molar-refractivity contribution in [3.05, 3.63) is 29.5 Å². The van der Waals surface area contributed by atoms with Crippen molar-refractivity contribution in [1.82, 2.24) is 4.90 Å². The van der Waals surface area contributed by atoms with E-state index < -0.39 is 0 Å². The first kappa shape index (κ1) is 15.9. The van der Waals surface area contributed by atoms with Crippen molar-refractivity contribution in [1.29, 1.82) is 0 Å². The zero-order valence-electron chi connectivity index (χ0n) is 12.8. The Bertz CT molecular complexity index is 496. The predicted octanol–water partition coefficient (Wildman–Crippen LogP) is 2.36. The Morgan fingerprint density at radius 2 is 1.55 bits per heavy atom. The number of methoxy groups -OCH3 is 3. The second kappa shape index (κ2) is 6.84. The van der Waals surface area contributed by atoms with Crippen molar-refractivity contribution in [2.45, 2.75) is 6.92 Å². The van der Waals surface area contributed by atoms with Crippen LogP contribution in [0.25, 0.3) is 0 Å². The fraction of sp³-hybridized carbons (Fsp3) is 0.400. The molecule has 20 heavy (non-hydrogen) atoms. The summed E-state index contributed by atoms with van der Waals surface area (Å²) in [5.74, 6) is 1.28. The number of carbonyl (C=O) groups excluding carboxylic acids is 1. The van der Waals surface area contributed by atoms with Crippen LogP contribution in [0.1, 0.15) is 17.3 Å². The van der Waals surface area contributed by atoms with Crippen molar-refractivity contribution in [2.24, 2.45) is 0 Å². The molecule has 1 aromatic carbocycles. The van der Waals surface area contributed by atoms with Crippen molar-refractivity contribution in [2.75, 3.05) is 35.4 Å². The Kier molecular flexibility index (Phi) is 5.43. The van der Waals surface area contributed by atoms with Gasteiger partial charge in [-0.1, -0.05) is 0 Å². The molecule has 0 aromatic heterocycles. The summed E-state index contributed by atoms with van der Waals surface area (Å²) in [6, 6.07) is 3.28. The minimum atomic E-state index is -0.115. The first-order chi connectivity index (χ1) is 9.44. The summed E-state index contributed by atoms with van der Waals surface area (Å²) >= 11 is 0. The highest BCUT2D eigenvalue weighted by Gasteiger charge is 2.16. The van der Waals surface area contributed by atoms with Crippen LogP contribution in [-0.4, -0.2) is 46.1 Å². The Labute approximate surface area is 119 Å². The molecule has 0 spiro atoms. The van der Waals surface area contributed by atoms with Gasteiger partial charge < -0.3 is 19.1 Å². The summed E-state index contributed by atoms with van der Waals surface area (Å²) in [5.41, 5.74) is 1.35. The average Bonchev–Trinajstić information content (AvgIpc) is 2.45. The van der Waals surface area contributed by atoms with E-state index in [4.69, 9.17) is 14.2 Å². The summed E-state index contributed by atoms with van der Waals surface area (Å²) < 4.78 is 15.7. The number of hydrogen-bond donors (Lipinski definition) is 0. The van der Waals surface area contributed by atoms with Gasteiger partial charge in [0.25, 0.3) is 0 Å². The molecule has 0 amide bonds. The molecule has 0 fully saturated rings. The molecule has 0 saturated heterocycles. The first-order valence-electron chi connectivity index (χ1n) is 6.14. The minimum Gasteiger partial charge on any atom is -0.493 e. The number of carbonyl (C=O) groups is 1. The van der Waals surface area contributed by atoms with E-state index in [0.29, 0.717) is 22.8 Å². The standard InChI is InChI=1S/C15H21NO4/c1-10(16(2)3)7-12(17)11-8-13(18-4)15(20-6)14(9-11)19-5/h7-9H,1-6H3/b10-7-. The molecule has 1 aromatic rings. The summed E-state index contributed by atoms with van der Waals surface area (Å²) in [5, 5.41) is 0. The molecule has 0 aliphatic heterocycles. The van der Waals surface area contributed by atoms with E-state index in [-0.39, 0.29) is 5.78 Å². The Hall–Kier alpha value is -2.17. The Morgan fingerprint density at radius 3 is 1.90 bits per heavy atom. The lowest BCUT2D eigenvalue weighted by Crippen LogP contribution is -2.10. The van der Waals surface area contributed by atoms with Crippen LogP contribution in [0.3, 0.4) is 0 Å². The Balaban J connectivity index is 3.26. The number of ether oxygens (including phenoxy) is 3. The molecular formula is C15H21NO4. The van der Waals surface area contributed by atoms with E-state index in [0.717, 1.165) is 5.70 Å². The SMILES string of the molecule is COc1cc(C(=O)/C=C(/C)N(C)C)cc(OC)c1OC. The van der Waals surface area contributed by atoms with Crippen molar-refractivity contribution < 1.29 is 19.0 Å². The van der Waals surface area contributed by atoms with E-state index in [1.807, 2.05) is 25.9 Å². The first-order valence-corrected chi connectivity index (χ1v) is 6.14. The number of rotatable bonds is 6. The number of ketones is 1. The van der Waals surface area contributed by atoms with Gasteiger partial charge in [0, 0.05) is 31.4 Å². The summed E-state index contributed by atoms with van der Waals surface area (Å²) in [6.07, 6.45) is 1.57. The van der Waals surface area contributed by atoms with Crippen LogP contribution in [0, 0.1) is 0 Å². The Morgan fingerprint density at radius 1 is 1.05 bits per heavy atom. The predicted molar refractivity (Wildman–Crippen MR) is 77.9 cm³/mol. The van der Waals surface area contributed by atoms with Gasteiger partial charge in [0.15, 0.2) is 17.3 Å². The third kappa shape index (κ3) is 3.44. The van der Waals surface area contributed by atoms with Gasteiger partial charge in [-0.2, -0.15) is 0 Å². The van der Waals surface area contributed by atoms with Crippen molar-refractivity contribution in [3.63, 3.8) is 0 Å². The summed E-state index contributed by atoms with van der Waals surface area (Å²) in [7, 11) is 8.33. The zero-order valence-corrected chi connectivity index (χ0v) is 12.8. The quantitative estimate of drug-likeness (QED) is 0.591. The van der Waals surface area contributed by atoms with Gasteiger partial charge in [0.1, 0.15) is 0 Å². The number of allylic oxidation sites excluding steroid dienone is 2. The van der Waals surface area contributed by atoms with Gasteiger partial charge in [-0.3, -0.25) is 4.79 Å². The topological polar surface area (TPSA) is 48.0 Å². The van der Waals surface area contributed by atoms with Gasteiger partial charge in [-0.25, -0.2) is 0 Å². The van der Waals surface area contributed by atoms with E-state index in [1.165, 1.54) is 21.3 Å². The van der Waals surface area contributed by atoms with Crippen LogP contribution in [0.4, 0.5) is 0 Å². The summed E-state index contributed by atoms with van der Waals surface area (Å²) in [4.78, 5) is 14.1. The van der Waals surface area contributed by atoms with E-state index in [1.54, 1.807) is 18.2 Å². The number of benzene rings is 1. The van der Waals surface area contributed by atoms with Crippen molar-refractivity contribution in [3.8, 4) is 17.2 Å². The lowest BCUT2D eigenvalue weighted by molar-refractivity contribution is 0.104. The molecule has 5 heteroatoms. The normalized spacial score (nSPS) is 11.0. The smallest absolute Gasteiger partial charge is 0.203 e. The molecule has 5 nitrogen and oxygen atoms in total. The van der Waals surface area contributed by atoms with E-state index >= 15 is 0 Å². The monoisotopic (exact) mass is 279 g/mol. The number of hydrogen-bond acceptors (Lipinski definition) is 5. The van der Waals surface area contributed by atoms with Crippen LogP contribution >= 0.6 is 0 Å². The van der Waals surface area contributed by atoms with Gasteiger partial charge >= 0.3 is 0 Å². The molecule has 0 aliphatic carbocycles. The molecular weight excluding hydrogens is 258 g/mol. The van der Waals surface area contributed by atoms with Gasteiger partial charge in [-0.15, -0.1) is 0 Å². The maximum atomic E-state index is 12.2.